The van der Waals surface area contributed by atoms with Crippen molar-refractivity contribution in [1.29, 1.82) is 0 Å². The summed E-state index contributed by atoms with van der Waals surface area (Å²) in [6.45, 7) is 0. The molecule has 0 aliphatic carbocycles. The van der Waals surface area contributed by atoms with Gasteiger partial charge < -0.3 is 23.0 Å². The van der Waals surface area contributed by atoms with Gasteiger partial charge in [0.15, 0.2) is 11.5 Å². The first-order chi connectivity index (χ1) is 14.7. The molecule has 30 heavy (non-hydrogen) atoms. The maximum atomic E-state index is 5.77. The SMILES string of the molecule is COc1cc(-c2nnc(CSc3nnc(-c4ccccc4)o3)o2)cc(OC)c1OC. The fraction of sp³-hybridized carbons (Fsp3) is 0.200. The first-order valence-electron chi connectivity index (χ1n) is 8.86. The summed E-state index contributed by atoms with van der Waals surface area (Å²) >= 11 is 1.31. The van der Waals surface area contributed by atoms with Crippen LogP contribution in [0.15, 0.2) is 56.5 Å². The van der Waals surface area contributed by atoms with Crippen LogP contribution >= 0.6 is 11.8 Å². The molecule has 154 valence electrons. The van der Waals surface area contributed by atoms with Gasteiger partial charge in [0, 0.05) is 11.1 Å². The minimum Gasteiger partial charge on any atom is -0.493 e. The smallest absolute Gasteiger partial charge is 0.277 e. The van der Waals surface area contributed by atoms with Crippen LogP contribution in [0.3, 0.4) is 0 Å². The van der Waals surface area contributed by atoms with Gasteiger partial charge in [-0.15, -0.1) is 20.4 Å². The van der Waals surface area contributed by atoms with Crippen LogP contribution in [0, 0.1) is 0 Å². The van der Waals surface area contributed by atoms with Crippen molar-refractivity contribution in [3.8, 4) is 40.2 Å². The third-order valence-corrected chi connectivity index (χ3v) is 4.93. The molecular weight excluding hydrogens is 408 g/mol. The second-order valence-electron chi connectivity index (χ2n) is 5.94. The molecule has 0 spiro atoms. The molecule has 0 fully saturated rings. The molecule has 4 aromatic rings. The van der Waals surface area contributed by atoms with Crippen molar-refractivity contribution in [1.82, 2.24) is 20.4 Å². The van der Waals surface area contributed by atoms with Gasteiger partial charge in [-0.1, -0.05) is 30.0 Å². The Balaban J connectivity index is 1.48. The monoisotopic (exact) mass is 426 g/mol. The van der Waals surface area contributed by atoms with Crippen molar-refractivity contribution in [3.63, 3.8) is 0 Å². The highest BCUT2D eigenvalue weighted by Crippen LogP contribution is 2.41. The average Bonchev–Trinajstić information content (AvgIpc) is 3.47. The number of hydrogen-bond donors (Lipinski definition) is 0. The number of thioether (sulfide) groups is 1. The maximum Gasteiger partial charge on any atom is 0.277 e. The summed E-state index contributed by atoms with van der Waals surface area (Å²) in [5.41, 5.74) is 1.51. The second-order valence-corrected chi connectivity index (χ2v) is 6.87. The van der Waals surface area contributed by atoms with Gasteiger partial charge in [-0.05, 0) is 24.3 Å². The third kappa shape index (κ3) is 4.08. The highest BCUT2D eigenvalue weighted by Gasteiger charge is 2.18. The van der Waals surface area contributed by atoms with E-state index in [1.807, 2.05) is 30.3 Å². The number of nitrogens with zero attached hydrogens (tertiary/aromatic N) is 4. The molecule has 0 bridgehead atoms. The molecule has 2 heterocycles. The van der Waals surface area contributed by atoms with Crippen LogP contribution in [0.25, 0.3) is 22.9 Å². The van der Waals surface area contributed by atoms with E-state index in [9.17, 15) is 0 Å². The van der Waals surface area contributed by atoms with E-state index in [4.69, 9.17) is 23.0 Å². The van der Waals surface area contributed by atoms with Gasteiger partial charge in [-0.2, -0.15) is 0 Å². The van der Waals surface area contributed by atoms with Gasteiger partial charge in [-0.25, -0.2) is 0 Å². The van der Waals surface area contributed by atoms with Crippen LogP contribution in [0.5, 0.6) is 17.2 Å². The molecule has 0 radical (unpaired) electrons. The van der Waals surface area contributed by atoms with Crippen LogP contribution in [0.4, 0.5) is 0 Å². The molecule has 2 aromatic heterocycles. The molecule has 0 amide bonds. The van der Waals surface area contributed by atoms with E-state index in [2.05, 4.69) is 20.4 Å². The standard InChI is InChI=1S/C20H18N4O5S/c1-25-14-9-13(10-15(26-2)17(14)27-3)19-22-21-16(28-19)11-30-20-24-23-18(29-20)12-7-5-4-6-8-12/h4-10H,11H2,1-3H3. The highest BCUT2D eigenvalue weighted by molar-refractivity contribution is 7.98. The Morgan fingerprint density at radius 3 is 2.10 bits per heavy atom. The average molecular weight is 426 g/mol. The second kappa shape index (κ2) is 8.87. The lowest BCUT2D eigenvalue weighted by atomic mass is 10.2. The molecule has 4 rings (SSSR count). The minimum atomic E-state index is 0.334. The van der Waals surface area contributed by atoms with E-state index in [1.54, 1.807) is 33.5 Å². The predicted octanol–water partition coefficient (Wildman–Crippen LogP) is 4.10. The Hall–Kier alpha value is -3.53. The van der Waals surface area contributed by atoms with Crippen molar-refractivity contribution in [2.45, 2.75) is 11.0 Å². The molecule has 0 saturated carbocycles. The van der Waals surface area contributed by atoms with Gasteiger partial charge >= 0.3 is 0 Å². The molecule has 0 aliphatic heterocycles. The topological polar surface area (TPSA) is 106 Å². The Morgan fingerprint density at radius 2 is 1.43 bits per heavy atom. The number of aromatic nitrogens is 4. The van der Waals surface area contributed by atoms with E-state index >= 15 is 0 Å². The quantitative estimate of drug-likeness (QED) is 0.382. The van der Waals surface area contributed by atoms with Gasteiger partial charge in [0.1, 0.15) is 0 Å². The third-order valence-electron chi connectivity index (χ3n) is 4.12. The number of benzene rings is 2. The van der Waals surface area contributed by atoms with Gasteiger partial charge in [-0.3, -0.25) is 0 Å². The molecule has 10 heteroatoms. The summed E-state index contributed by atoms with van der Waals surface area (Å²) < 4.78 is 27.5. The van der Waals surface area contributed by atoms with Crippen LogP contribution in [-0.2, 0) is 5.75 Å². The molecule has 0 saturated heterocycles. The first-order valence-corrected chi connectivity index (χ1v) is 9.85. The fourth-order valence-corrected chi connectivity index (χ4v) is 3.32. The summed E-state index contributed by atoms with van der Waals surface area (Å²) in [6.07, 6.45) is 0. The molecule has 2 aromatic carbocycles. The molecule has 0 N–H and O–H groups in total. The van der Waals surface area contributed by atoms with Crippen LogP contribution in [0.1, 0.15) is 5.89 Å². The predicted molar refractivity (Wildman–Crippen MR) is 109 cm³/mol. The lowest BCUT2D eigenvalue weighted by Crippen LogP contribution is -1.95. The minimum absolute atomic E-state index is 0.334. The summed E-state index contributed by atoms with van der Waals surface area (Å²) in [6, 6.07) is 13.1. The van der Waals surface area contributed by atoms with E-state index in [1.165, 1.54) is 11.8 Å². The fourth-order valence-electron chi connectivity index (χ4n) is 2.72. The van der Waals surface area contributed by atoms with Crippen molar-refractivity contribution in [2.75, 3.05) is 21.3 Å². The lowest BCUT2D eigenvalue weighted by Gasteiger charge is -2.12. The Kier molecular flexibility index (Phi) is 5.84. The van der Waals surface area contributed by atoms with Crippen LogP contribution in [0.2, 0.25) is 0 Å². The number of rotatable bonds is 8. The lowest BCUT2D eigenvalue weighted by molar-refractivity contribution is 0.324. The highest BCUT2D eigenvalue weighted by atomic mass is 32.2. The normalized spacial score (nSPS) is 10.8. The van der Waals surface area contributed by atoms with E-state index < -0.39 is 0 Å². The van der Waals surface area contributed by atoms with E-state index in [0.717, 1.165) is 5.56 Å². The summed E-state index contributed by atoms with van der Waals surface area (Å²) in [5, 5.41) is 16.7. The van der Waals surface area contributed by atoms with Gasteiger partial charge in [0.05, 0.1) is 27.1 Å². The Bertz CT molecular complexity index is 1100. The number of ether oxygens (including phenoxy) is 3. The summed E-state index contributed by atoms with van der Waals surface area (Å²) in [7, 11) is 4.64. The zero-order valence-corrected chi connectivity index (χ0v) is 17.3. The molecule has 0 aliphatic rings. The molecule has 9 nitrogen and oxygen atoms in total. The van der Waals surface area contributed by atoms with E-state index in [-0.39, 0.29) is 0 Å². The first kappa shape index (κ1) is 19.8. The molecule has 0 atom stereocenters. The van der Waals surface area contributed by atoms with Crippen LogP contribution < -0.4 is 14.2 Å². The zero-order valence-electron chi connectivity index (χ0n) is 16.5. The van der Waals surface area contributed by atoms with Crippen molar-refractivity contribution in [2.24, 2.45) is 0 Å². The number of hydrogen-bond acceptors (Lipinski definition) is 10. The molecule has 0 unspecified atom stereocenters. The van der Waals surface area contributed by atoms with Crippen molar-refractivity contribution in [3.05, 3.63) is 48.4 Å². The largest absolute Gasteiger partial charge is 0.493 e. The van der Waals surface area contributed by atoms with Crippen molar-refractivity contribution >= 4 is 11.8 Å². The van der Waals surface area contributed by atoms with Gasteiger partial charge in [0.2, 0.25) is 23.4 Å². The van der Waals surface area contributed by atoms with Crippen molar-refractivity contribution < 1.29 is 23.0 Å². The summed E-state index contributed by atoms with van der Waals surface area (Å²) in [5.74, 6) is 3.09. The zero-order chi connectivity index (χ0) is 20.9. The van der Waals surface area contributed by atoms with E-state index in [0.29, 0.717) is 51.5 Å². The number of methoxy groups -OCH3 is 3. The maximum absolute atomic E-state index is 5.77. The Morgan fingerprint density at radius 1 is 0.767 bits per heavy atom. The summed E-state index contributed by atoms with van der Waals surface area (Å²) in [4.78, 5) is 0. The van der Waals surface area contributed by atoms with Crippen LogP contribution in [-0.4, -0.2) is 41.7 Å². The Labute approximate surface area is 176 Å². The van der Waals surface area contributed by atoms with Gasteiger partial charge in [0.25, 0.3) is 5.22 Å². The molecular formula is C20H18N4O5S.